The first-order valence-corrected chi connectivity index (χ1v) is 8.01. The first kappa shape index (κ1) is 16.6. The van der Waals surface area contributed by atoms with Gasteiger partial charge in [0.1, 0.15) is 5.82 Å². The van der Waals surface area contributed by atoms with E-state index in [9.17, 15) is 4.79 Å². The van der Waals surface area contributed by atoms with Crippen molar-refractivity contribution in [2.75, 3.05) is 45.3 Å². The average Bonchev–Trinajstić information content (AvgIpc) is 2.59. The zero-order valence-electron chi connectivity index (χ0n) is 13.9. The van der Waals surface area contributed by atoms with Gasteiger partial charge in [-0.2, -0.15) is 4.98 Å². The predicted octanol–water partition coefficient (Wildman–Crippen LogP) is 1.97. The molecule has 1 aromatic heterocycles. The topological polar surface area (TPSA) is 67.8 Å². The number of rotatable bonds is 3. The van der Waals surface area contributed by atoms with Crippen molar-refractivity contribution in [1.82, 2.24) is 14.9 Å². The van der Waals surface area contributed by atoms with Gasteiger partial charge in [0.15, 0.2) is 11.5 Å². The van der Waals surface area contributed by atoms with Crippen molar-refractivity contribution < 1.29 is 14.3 Å². The highest BCUT2D eigenvalue weighted by Gasteiger charge is 2.23. The Morgan fingerprint density at radius 2 is 1.71 bits per heavy atom. The van der Waals surface area contributed by atoms with Crippen LogP contribution < -0.4 is 14.4 Å². The van der Waals surface area contributed by atoms with Gasteiger partial charge in [-0.25, -0.2) is 4.98 Å². The molecule has 0 radical (unpaired) electrons. The van der Waals surface area contributed by atoms with Gasteiger partial charge in [-0.3, -0.25) is 4.79 Å². The molecular weight excluding hydrogens is 332 g/mol. The number of fused-ring (bicyclic) bond motifs is 1. The van der Waals surface area contributed by atoms with Crippen molar-refractivity contribution in [3.05, 3.63) is 17.4 Å². The minimum atomic E-state index is 0.0895. The first-order valence-electron chi connectivity index (χ1n) is 7.63. The highest BCUT2D eigenvalue weighted by atomic mass is 35.5. The molecule has 3 rings (SSSR count). The molecule has 1 aliphatic rings. The van der Waals surface area contributed by atoms with Crippen LogP contribution in [0.4, 0.5) is 5.82 Å². The molecule has 0 atom stereocenters. The van der Waals surface area contributed by atoms with E-state index in [4.69, 9.17) is 21.1 Å². The average molecular weight is 351 g/mol. The fourth-order valence-corrected chi connectivity index (χ4v) is 3.06. The number of carbonyl (C=O) groups is 1. The highest BCUT2D eigenvalue weighted by molar-refractivity contribution is 6.28. The fraction of sp³-hybridized carbons (Fsp3) is 0.438. The number of benzene rings is 1. The Bertz CT molecular complexity index is 775. The molecule has 0 unspecified atom stereocenters. The normalized spacial score (nSPS) is 14.8. The van der Waals surface area contributed by atoms with Gasteiger partial charge in [0, 0.05) is 44.6 Å². The molecule has 1 saturated heterocycles. The van der Waals surface area contributed by atoms with Crippen LogP contribution in [0.1, 0.15) is 6.92 Å². The zero-order valence-corrected chi connectivity index (χ0v) is 14.6. The summed E-state index contributed by atoms with van der Waals surface area (Å²) < 4.78 is 10.7. The summed E-state index contributed by atoms with van der Waals surface area (Å²) in [4.78, 5) is 24.1. The lowest BCUT2D eigenvalue weighted by atomic mass is 10.2. The lowest BCUT2D eigenvalue weighted by Crippen LogP contribution is -2.48. The van der Waals surface area contributed by atoms with E-state index in [0.29, 0.717) is 43.2 Å². The lowest BCUT2D eigenvalue weighted by molar-refractivity contribution is -0.129. The molecule has 0 spiro atoms. The summed E-state index contributed by atoms with van der Waals surface area (Å²) in [5, 5.41) is 1.02. The van der Waals surface area contributed by atoms with Gasteiger partial charge in [0.05, 0.1) is 19.7 Å². The molecule has 1 amide bonds. The van der Waals surface area contributed by atoms with Crippen molar-refractivity contribution in [1.29, 1.82) is 0 Å². The Hall–Kier alpha value is -2.28. The zero-order chi connectivity index (χ0) is 17.3. The van der Waals surface area contributed by atoms with Gasteiger partial charge >= 0.3 is 0 Å². The van der Waals surface area contributed by atoms with Crippen LogP contribution in [0, 0.1) is 0 Å². The Kier molecular flexibility index (Phi) is 4.62. The van der Waals surface area contributed by atoms with E-state index in [1.807, 2.05) is 11.0 Å². The Morgan fingerprint density at radius 1 is 1.08 bits per heavy atom. The van der Waals surface area contributed by atoms with E-state index in [1.54, 1.807) is 27.2 Å². The SMILES string of the molecule is COc1cc2nc(Cl)nc(N3CCN(C(C)=O)CC3)c2cc1OC. The number of ether oxygens (including phenoxy) is 2. The van der Waals surface area contributed by atoms with Gasteiger partial charge in [-0.15, -0.1) is 0 Å². The molecule has 0 aliphatic carbocycles. The molecule has 0 saturated carbocycles. The largest absolute Gasteiger partial charge is 0.493 e. The quantitative estimate of drug-likeness (QED) is 0.788. The molecule has 0 N–H and O–H groups in total. The van der Waals surface area contributed by atoms with Crippen LogP contribution in [0.2, 0.25) is 5.28 Å². The van der Waals surface area contributed by atoms with Crippen LogP contribution in [0.3, 0.4) is 0 Å². The summed E-state index contributed by atoms with van der Waals surface area (Å²) >= 11 is 6.11. The molecule has 7 nitrogen and oxygen atoms in total. The van der Waals surface area contributed by atoms with Crippen LogP contribution in [-0.4, -0.2) is 61.2 Å². The summed E-state index contributed by atoms with van der Waals surface area (Å²) in [5.41, 5.74) is 0.691. The molecular formula is C16H19ClN4O3. The molecule has 1 aromatic carbocycles. The van der Waals surface area contributed by atoms with Gasteiger partial charge in [0.25, 0.3) is 0 Å². The molecule has 8 heteroatoms. The lowest BCUT2D eigenvalue weighted by Gasteiger charge is -2.35. The third kappa shape index (κ3) is 3.03. The van der Waals surface area contributed by atoms with Crippen LogP contribution in [0.25, 0.3) is 10.9 Å². The van der Waals surface area contributed by atoms with Crippen LogP contribution >= 0.6 is 11.6 Å². The van der Waals surface area contributed by atoms with E-state index < -0.39 is 0 Å². The molecule has 1 aliphatic heterocycles. The summed E-state index contributed by atoms with van der Waals surface area (Å²) in [6.07, 6.45) is 0. The number of anilines is 1. The van der Waals surface area contributed by atoms with E-state index in [-0.39, 0.29) is 11.2 Å². The Morgan fingerprint density at radius 3 is 2.29 bits per heavy atom. The number of nitrogens with zero attached hydrogens (tertiary/aromatic N) is 4. The first-order chi connectivity index (χ1) is 11.5. The van der Waals surface area contributed by atoms with Crippen LogP contribution in [0.5, 0.6) is 11.5 Å². The van der Waals surface area contributed by atoms with Gasteiger partial charge in [-0.05, 0) is 17.7 Å². The predicted molar refractivity (Wildman–Crippen MR) is 92.1 cm³/mol. The molecule has 0 bridgehead atoms. The Balaban J connectivity index is 2.02. The number of piperazine rings is 1. The van der Waals surface area contributed by atoms with E-state index >= 15 is 0 Å². The molecule has 2 heterocycles. The molecule has 24 heavy (non-hydrogen) atoms. The Labute approximate surface area is 145 Å². The van der Waals surface area contributed by atoms with Crippen LogP contribution in [-0.2, 0) is 4.79 Å². The molecule has 128 valence electrons. The van der Waals surface area contributed by atoms with E-state index in [0.717, 1.165) is 11.2 Å². The third-order valence-electron chi connectivity index (χ3n) is 4.18. The van der Waals surface area contributed by atoms with Crippen molar-refractivity contribution >= 4 is 34.2 Å². The number of hydrogen-bond acceptors (Lipinski definition) is 6. The maximum absolute atomic E-state index is 11.5. The van der Waals surface area contributed by atoms with Crippen molar-refractivity contribution in [3.63, 3.8) is 0 Å². The summed E-state index contributed by atoms with van der Waals surface area (Å²) in [5.74, 6) is 2.03. The number of amides is 1. The number of carbonyl (C=O) groups excluding carboxylic acids is 1. The second-order valence-electron chi connectivity index (χ2n) is 5.53. The number of halogens is 1. The fourth-order valence-electron chi connectivity index (χ4n) is 2.89. The van der Waals surface area contributed by atoms with Crippen LogP contribution in [0.15, 0.2) is 12.1 Å². The molecule has 2 aromatic rings. The number of methoxy groups -OCH3 is 2. The van der Waals surface area contributed by atoms with E-state index in [2.05, 4.69) is 14.9 Å². The summed E-state index contributed by atoms with van der Waals surface area (Å²) in [6, 6.07) is 3.65. The number of hydrogen-bond donors (Lipinski definition) is 0. The molecule has 1 fully saturated rings. The minimum Gasteiger partial charge on any atom is -0.493 e. The minimum absolute atomic E-state index is 0.0895. The second kappa shape index (κ2) is 6.68. The third-order valence-corrected chi connectivity index (χ3v) is 4.35. The van der Waals surface area contributed by atoms with Crippen molar-refractivity contribution in [2.24, 2.45) is 0 Å². The van der Waals surface area contributed by atoms with Gasteiger partial charge in [-0.1, -0.05) is 0 Å². The van der Waals surface area contributed by atoms with Gasteiger partial charge < -0.3 is 19.3 Å². The van der Waals surface area contributed by atoms with Gasteiger partial charge in [0.2, 0.25) is 11.2 Å². The standard InChI is InChI=1S/C16H19ClN4O3/c1-10(22)20-4-6-21(7-5-20)15-11-8-13(23-2)14(24-3)9-12(11)18-16(17)19-15/h8-9H,4-7H2,1-3H3. The monoisotopic (exact) mass is 350 g/mol. The highest BCUT2D eigenvalue weighted by Crippen LogP contribution is 2.35. The summed E-state index contributed by atoms with van der Waals surface area (Å²) in [7, 11) is 3.17. The number of aromatic nitrogens is 2. The maximum atomic E-state index is 11.5. The smallest absolute Gasteiger partial charge is 0.224 e. The second-order valence-corrected chi connectivity index (χ2v) is 5.87. The van der Waals surface area contributed by atoms with Crippen molar-refractivity contribution in [2.45, 2.75) is 6.92 Å². The van der Waals surface area contributed by atoms with Crippen molar-refractivity contribution in [3.8, 4) is 11.5 Å². The maximum Gasteiger partial charge on any atom is 0.224 e. The summed E-state index contributed by atoms with van der Waals surface area (Å²) in [6.45, 7) is 4.29. The van der Waals surface area contributed by atoms with E-state index in [1.165, 1.54) is 0 Å².